The first-order chi connectivity index (χ1) is 13.8. The largest absolute Gasteiger partial charge is 0.416 e. The van der Waals surface area contributed by atoms with Gasteiger partial charge in [0.15, 0.2) is 0 Å². The molecule has 2 aromatic rings. The molecule has 1 amide bonds. The second-order valence-corrected chi connectivity index (χ2v) is 8.06. The molecule has 2 rings (SSSR count). The van der Waals surface area contributed by atoms with Crippen molar-refractivity contribution in [3.05, 3.63) is 50.3 Å². The summed E-state index contributed by atoms with van der Waals surface area (Å²) < 4.78 is 38.1. The Hall–Kier alpha value is -2.84. The molecule has 2 aromatic carbocycles. The standard InChI is InChI=1S/C21H26F3N3O3/c1-6-27(7-2)19(30)18(20(3,4)5)26-15-14(16(28)17(15)29)25-13-10-8-12(9-11-13)21(22,23)24/h8-11,18,25-26H,6-7H2,1-5H3/t18-/m1/s1. The zero-order valence-electron chi connectivity index (χ0n) is 17.6. The third kappa shape index (κ3) is 4.83. The van der Waals surface area contributed by atoms with Crippen molar-refractivity contribution in [1.82, 2.24) is 4.90 Å². The van der Waals surface area contributed by atoms with Crippen LogP contribution in [0.4, 0.5) is 30.2 Å². The topological polar surface area (TPSA) is 78.5 Å². The van der Waals surface area contributed by atoms with Crippen molar-refractivity contribution < 1.29 is 18.0 Å². The number of nitrogens with one attached hydrogen (secondary N) is 2. The Labute approximate surface area is 172 Å². The molecule has 0 saturated heterocycles. The number of carbonyl (C=O) groups is 1. The Bertz CT molecular complexity index is 965. The van der Waals surface area contributed by atoms with Gasteiger partial charge in [0, 0.05) is 18.8 Å². The van der Waals surface area contributed by atoms with E-state index < -0.39 is 34.1 Å². The number of hydrogen-bond acceptors (Lipinski definition) is 5. The maximum absolute atomic E-state index is 12.9. The highest BCUT2D eigenvalue weighted by molar-refractivity contribution is 5.88. The third-order valence-electron chi connectivity index (χ3n) is 4.87. The summed E-state index contributed by atoms with van der Waals surface area (Å²) in [6.45, 7) is 10.2. The lowest BCUT2D eigenvalue weighted by molar-refractivity contribution is -0.137. The maximum atomic E-state index is 12.9. The lowest BCUT2D eigenvalue weighted by atomic mass is 9.85. The summed E-state index contributed by atoms with van der Waals surface area (Å²) in [7, 11) is 0. The Balaban J connectivity index is 2.31. The molecular formula is C21H26F3N3O3. The van der Waals surface area contributed by atoms with E-state index in [1.54, 1.807) is 4.90 Å². The number of anilines is 3. The molecule has 1 atom stereocenters. The van der Waals surface area contributed by atoms with Crippen LogP contribution < -0.4 is 21.5 Å². The summed E-state index contributed by atoms with van der Waals surface area (Å²) in [5, 5.41) is 5.60. The molecule has 0 heterocycles. The van der Waals surface area contributed by atoms with E-state index >= 15 is 0 Å². The van der Waals surface area contributed by atoms with Gasteiger partial charge in [-0.15, -0.1) is 0 Å². The van der Waals surface area contributed by atoms with Gasteiger partial charge in [-0.25, -0.2) is 0 Å². The molecule has 0 aliphatic heterocycles. The zero-order chi connectivity index (χ0) is 22.9. The number of halogens is 3. The van der Waals surface area contributed by atoms with Crippen LogP contribution in [-0.2, 0) is 11.0 Å². The summed E-state index contributed by atoms with van der Waals surface area (Å²) in [4.78, 5) is 38.8. The molecule has 0 aliphatic rings. The SMILES string of the molecule is CCN(CC)C(=O)[C@@H](Nc1c(Nc2ccc(C(F)(F)F)cc2)c(=O)c1=O)C(C)(C)C. The molecule has 30 heavy (non-hydrogen) atoms. The summed E-state index contributed by atoms with van der Waals surface area (Å²) in [6.07, 6.45) is -4.47. The first kappa shape index (κ1) is 23.4. The van der Waals surface area contributed by atoms with Crippen molar-refractivity contribution in [1.29, 1.82) is 0 Å². The van der Waals surface area contributed by atoms with Crippen LogP contribution in [0, 0.1) is 5.41 Å². The average Bonchev–Trinajstić information content (AvgIpc) is 2.66. The van der Waals surface area contributed by atoms with Crippen LogP contribution in [0.25, 0.3) is 0 Å². The van der Waals surface area contributed by atoms with Gasteiger partial charge in [-0.2, -0.15) is 13.2 Å². The first-order valence-corrected chi connectivity index (χ1v) is 9.64. The van der Waals surface area contributed by atoms with Gasteiger partial charge < -0.3 is 15.5 Å². The number of alkyl halides is 3. The van der Waals surface area contributed by atoms with Gasteiger partial charge in [0.05, 0.1) is 5.56 Å². The van der Waals surface area contributed by atoms with Crippen molar-refractivity contribution >= 4 is 23.0 Å². The van der Waals surface area contributed by atoms with E-state index in [2.05, 4.69) is 10.6 Å². The summed E-state index contributed by atoms with van der Waals surface area (Å²) in [5.74, 6) is -0.207. The summed E-state index contributed by atoms with van der Waals surface area (Å²) >= 11 is 0. The highest BCUT2D eigenvalue weighted by atomic mass is 19.4. The first-order valence-electron chi connectivity index (χ1n) is 9.64. The van der Waals surface area contributed by atoms with E-state index in [-0.39, 0.29) is 23.0 Å². The number of nitrogens with zero attached hydrogens (tertiary/aromatic N) is 1. The Kier molecular flexibility index (Phi) is 6.63. The van der Waals surface area contributed by atoms with Gasteiger partial charge in [0.2, 0.25) is 5.91 Å². The highest BCUT2D eigenvalue weighted by Crippen LogP contribution is 2.31. The second kappa shape index (κ2) is 8.49. The van der Waals surface area contributed by atoms with Gasteiger partial charge in [-0.1, -0.05) is 20.8 Å². The maximum Gasteiger partial charge on any atom is 0.416 e. The van der Waals surface area contributed by atoms with Gasteiger partial charge in [0.25, 0.3) is 10.9 Å². The monoisotopic (exact) mass is 425 g/mol. The molecule has 0 bridgehead atoms. The van der Waals surface area contributed by atoms with Crippen molar-refractivity contribution in [2.24, 2.45) is 5.41 Å². The van der Waals surface area contributed by atoms with Gasteiger partial charge in [0.1, 0.15) is 17.4 Å². The van der Waals surface area contributed by atoms with Gasteiger partial charge in [-0.05, 0) is 43.5 Å². The molecule has 0 spiro atoms. The molecule has 2 N–H and O–H groups in total. The average molecular weight is 425 g/mol. The number of amides is 1. The van der Waals surface area contributed by atoms with Crippen LogP contribution in [0.5, 0.6) is 0 Å². The van der Waals surface area contributed by atoms with E-state index in [0.29, 0.717) is 13.1 Å². The van der Waals surface area contributed by atoms with E-state index in [0.717, 1.165) is 12.1 Å². The predicted octanol–water partition coefficient (Wildman–Crippen LogP) is 3.74. The highest BCUT2D eigenvalue weighted by Gasteiger charge is 2.36. The van der Waals surface area contributed by atoms with Crippen LogP contribution in [0.15, 0.2) is 33.9 Å². The minimum absolute atomic E-state index is 0.0414. The van der Waals surface area contributed by atoms with Crippen molar-refractivity contribution in [3.63, 3.8) is 0 Å². The molecule has 0 saturated carbocycles. The number of carbonyl (C=O) groups excluding carboxylic acids is 1. The van der Waals surface area contributed by atoms with E-state index in [1.807, 2.05) is 34.6 Å². The minimum Gasteiger partial charge on any atom is -0.368 e. The van der Waals surface area contributed by atoms with E-state index in [4.69, 9.17) is 0 Å². The lowest BCUT2D eigenvalue weighted by Gasteiger charge is -2.35. The molecule has 0 aromatic heterocycles. The Morgan fingerprint density at radius 1 is 0.967 bits per heavy atom. The fraction of sp³-hybridized carbons (Fsp3) is 0.476. The summed E-state index contributed by atoms with van der Waals surface area (Å²) in [6, 6.07) is 3.33. The number of rotatable bonds is 7. The van der Waals surface area contributed by atoms with E-state index in [1.165, 1.54) is 12.1 Å². The van der Waals surface area contributed by atoms with Crippen molar-refractivity contribution in [3.8, 4) is 0 Å². The van der Waals surface area contributed by atoms with Crippen molar-refractivity contribution in [2.75, 3.05) is 23.7 Å². The van der Waals surface area contributed by atoms with Crippen LogP contribution in [0.2, 0.25) is 0 Å². The van der Waals surface area contributed by atoms with Crippen molar-refractivity contribution in [2.45, 2.75) is 46.8 Å². The second-order valence-electron chi connectivity index (χ2n) is 8.06. The molecule has 0 aliphatic carbocycles. The number of benzene rings is 1. The van der Waals surface area contributed by atoms with Gasteiger partial charge >= 0.3 is 6.18 Å². The molecule has 0 unspecified atom stereocenters. The predicted molar refractivity (Wildman–Crippen MR) is 111 cm³/mol. The third-order valence-corrected chi connectivity index (χ3v) is 4.87. The fourth-order valence-electron chi connectivity index (χ4n) is 3.05. The molecule has 164 valence electrons. The summed E-state index contributed by atoms with van der Waals surface area (Å²) in [5.41, 5.74) is -2.84. The number of hydrogen-bond donors (Lipinski definition) is 2. The Morgan fingerprint density at radius 2 is 1.47 bits per heavy atom. The smallest absolute Gasteiger partial charge is 0.368 e. The van der Waals surface area contributed by atoms with Crippen LogP contribution in [0.1, 0.15) is 40.2 Å². The quantitative estimate of drug-likeness (QED) is 0.661. The van der Waals surface area contributed by atoms with Gasteiger partial charge in [-0.3, -0.25) is 14.4 Å². The fourth-order valence-corrected chi connectivity index (χ4v) is 3.05. The molecule has 6 nitrogen and oxygen atoms in total. The molecule has 0 radical (unpaired) electrons. The lowest BCUT2D eigenvalue weighted by Crippen LogP contribution is -2.51. The normalized spacial score (nSPS) is 13.2. The Morgan fingerprint density at radius 3 is 1.90 bits per heavy atom. The van der Waals surface area contributed by atoms with Crippen LogP contribution in [0.3, 0.4) is 0 Å². The molecule has 0 fully saturated rings. The number of likely N-dealkylation sites (N-methyl/N-ethyl adjacent to an activating group) is 1. The van der Waals surface area contributed by atoms with Crippen LogP contribution in [-0.4, -0.2) is 29.9 Å². The molecule has 9 heteroatoms. The molecular weight excluding hydrogens is 399 g/mol. The minimum atomic E-state index is -4.47. The van der Waals surface area contributed by atoms with E-state index in [9.17, 15) is 27.6 Å². The van der Waals surface area contributed by atoms with Crippen LogP contribution >= 0.6 is 0 Å². The zero-order valence-corrected chi connectivity index (χ0v) is 17.6.